The van der Waals surface area contributed by atoms with Crippen LogP contribution in [0, 0.1) is 5.92 Å². The summed E-state index contributed by atoms with van der Waals surface area (Å²) >= 11 is 0. The van der Waals surface area contributed by atoms with Crippen molar-refractivity contribution in [2.45, 2.75) is 45.4 Å². The van der Waals surface area contributed by atoms with Crippen molar-refractivity contribution < 1.29 is 0 Å². The van der Waals surface area contributed by atoms with Gasteiger partial charge in [0.2, 0.25) is 0 Å². The summed E-state index contributed by atoms with van der Waals surface area (Å²) in [7, 11) is 0. The molecule has 1 N–H and O–H groups in total. The van der Waals surface area contributed by atoms with Crippen LogP contribution in [-0.2, 0) is 0 Å². The quantitative estimate of drug-likeness (QED) is 0.507. The second-order valence-electron chi connectivity index (χ2n) is 4.07. The van der Waals surface area contributed by atoms with Crippen LogP contribution in [0.4, 0.5) is 0 Å². The van der Waals surface area contributed by atoms with Crippen molar-refractivity contribution in [1.29, 1.82) is 0 Å². The summed E-state index contributed by atoms with van der Waals surface area (Å²) < 4.78 is 0. The van der Waals surface area contributed by atoms with Gasteiger partial charge in [0.1, 0.15) is 0 Å². The molecule has 0 saturated heterocycles. The summed E-state index contributed by atoms with van der Waals surface area (Å²) in [4.78, 5) is 0. The summed E-state index contributed by atoms with van der Waals surface area (Å²) in [6.07, 6.45) is 12.8. The average molecular weight is 181 g/mol. The second-order valence-corrected chi connectivity index (χ2v) is 4.07. The maximum Gasteiger partial charge on any atom is -0.00142 e. The second kappa shape index (κ2) is 7.14. The van der Waals surface area contributed by atoms with E-state index in [0.717, 1.165) is 12.5 Å². The Morgan fingerprint density at radius 1 is 1.23 bits per heavy atom. The molecular formula is C12H23N. The van der Waals surface area contributed by atoms with Gasteiger partial charge < -0.3 is 5.32 Å². The van der Waals surface area contributed by atoms with E-state index in [0.29, 0.717) is 0 Å². The van der Waals surface area contributed by atoms with Gasteiger partial charge in [-0.3, -0.25) is 0 Å². The average Bonchev–Trinajstić information content (AvgIpc) is 2.19. The molecule has 0 aliphatic heterocycles. The lowest BCUT2D eigenvalue weighted by molar-refractivity contribution is 0.343. The van der Waals surface area contributed by atoms with Crippen LogP contribution in [0.2, 0.25) is 0 Å². The zero-order valence-electron chi connectivity index (χ0n) is 8.89. The number of hydrogen-bond acceptors (Lipinski definition) is 1. The molecule has 1 aliphatic carbocycles. The highest BCUT2D eigenvalue weighted by Gasteiger charge is 2.11. The van der Waals surface area contributed by atoms with E-state index in [1.807, 2.05) is 0 Å². The van der Waals surface area contributed by atoms with Crippen LogP contribution in [0.25, 0.3) is 0 Å². The first-order chi connectivity index (χ1) is 6.43. The SMILES string of the molecule is C/C=C/CCNCC1CCCCC1. The molecule has 0 radical (unpaired) electrons. The van der Waals surface area contributed by atoms with Gasteiger partial charge >= 0.3 is 0 Å². The van der Waals surface area contributed by atoms with Crippen LogP contribution >= 0.6 is 0 Å². The molecule has 1 nitrogen and oxygen atoms in total. The van der Waals surface area contributed by atoms with Crippen LogP contribution < -0.4 is 5.32 Å². The van der Waals surface area contributed by atoms with Crippen molar-refractivity contribution in [3.63, 3.8) is 0 Å². The molecule has 0 amide bonds. The molecule has 0 atom stereocenters. The molecule has 1 saturated carbocycles. The Morgan fingerprint density at radius 2 is 2.00 bits per heavy atom. The van der Waals surface area contributed by atoms with Crippen molar-refractivity contribution in [2.24, 2.45) is 5.92 Å². The Morgan fingerprint density at radius 3 is 2.69 bits per heavy atom. The Hall–Kier alpha value is -0.300. The van der Waals surface area contributed by atoms with Gasteiger partial charge in [0.05, 0.1) is 0 Å². The van der Waals surface area contributed by atoms with Gasteiger partial charge in [-0.1, -0.05) is 31.4 Å². The fourth-order valence-electron chi connectivity index (χ4n) is 2.05. The maximum atomic E-state index is 3.54. The monoisotopic (exact) mass is 181 g/mol. The Balaban J connectivity index is 1.92. The molecule has 0 unspecified atom stereocenters. The van der Waals surface area contributed by atoms with Gasteiger partial charge in [-0.15, -0.1) is 0 Å². The summed E-state index contributed by atoms with van der Waals surface area (Å²) in [5.74, 6) is 0.972. The summed E-state index contributed by atoms with van der Waals surface area (Å²) in [6.45, 7) is 4.49. The van der Waals surface area contributed by atoms with E-state index in [2.05, 4.69) is 24.4 Å². The van der Waals surface area contributed by atoms with Crippen molar-refractivity contribution >= 4 is 0 Å². The van der Waals surface area contributed by atoms with E-state index in [4.69, 9.17) is 0 Å². The third kappa shape index (κ3) is 5.09. The van der Waals surface area contributed by atoms with Gasteiger partial charge in [0.15, 0.2) is 0 Å². The lowest BCUT2D eigenvalue weighted by atomic mass is 9.89. The highest BCUT2D eigenvalue weighted by Crippen LogP contribution is 2.22. The third-order valence-electron chi connectivity index (χ3n) is 2.88. The van der Waals surface area contributed by atoms with Crippen LogP contribution in [0.3, 0.4) is 0 Å². The molecule has 0 spiro atoms. The molecule has 0 aromatic rings. The lowest BCUT2D eigenvalue weighted by Crippen LogP contribution is -2.25. The van der Waals surface area contributed by atoms with E-state index in [1.165, 1.54) is 45.1 Å². The van der Waals surface area contributed by atoms with E-state index in [-0.39, 0.29) is 0 Å². The predicted octanol–water partition coefficient (Wildman–Crippen LogP) is 3.12. The number of nitrogens with one attached hydrogen (secondary N) is 1. The van der Waals surface area contributed by atoms with Crippen LogP contribution in [-0.4, -0.2) is 13.1 Å². The molecule has 0 heterocycles. The predicted molar refractivity (Wildman–Crippen MR) is 58.9 cm³/mol. The van der Waals surface area contributed by atoms with Crippen molar-refractivity contribution in [1.82, 2.24) is 5.32 Å². The first-order valence-corrected chi connectivity index (χ1v) is 5.75. The van der Waals surface area contributed by atoms with E-state index in [1.54, 1.807) is 0 Å². The normalized spacial score (nSPS) is 19.8. The molecule has 13 heavy (non-hydrogen) atoms. The first-order valence-electron chi connectivity index (χ1n) is 5.75. The minimum atomic E-state index is 0.972. The Kier molecular flexibility index (Phi) is 5.92. The molecule has 1 rings (SSSR count). The number of rotatable bonds is 5. The zero-order chi connectivity index (χ0) is 9.36. The van der Waals surface area contributed by atoms with Gasteiger partial charge in [-0.25, -0.2) is 0 Å². The minimum Gasteiger partial charge on any atom is -0.316 e. The van der Waals surface area contributed by atoms with Crippen molar-refractivity contribution in [3.05, 3.63) is 12.2 Å². The molecular weight excluding hydrogens is 158 g/mol. The lowest BCUT2D eigenvalue weighted by Gasteiger charge is -2.21. The van der Waals surface area contributed by atoms with Crippen LogP contribution in [0.1, 0.15) is 45.4 Å². The molecule has 1 aliphatic rings. The molecule has 0 aromatic heterocycles. The zero-order valence-corrected chi connectivity index (χ0v) is 8.89. The number of hydrogen-bond donors (Lipinski definition) is 1. The van der Waals surface area contributed by atoms with Gasteiger partial charge in [-0.05, 0) is 45.2 Å². The molecule has 0 aromatic carbocycles. The third-order valence-corrected chi connectivity index (χ3v) is 2.88. The molecule has 1 fully saturated rings. The van der Waals surface area contributed by atoms with Crippen molar-refractivity contribution in [2.75, 3.05) is 13.1 Å². The molecule has 1 heteroatoms. The Bertz CT molecular complexity index is 134. The highest BCUT2D eigenvalue weighted by molar-refractivity contribution is 4.77. The standard InChI is InChI=1S/C12H23N/c1-2-3-7-10-13-11-12-8-5-4-6-9-12/h2-3,12-13H,4-11H2,1H3/b3-2+. The van der Waals surface area contributed by atoms with Gasteiger partial charge in [0, 0.05) is 0 Å². The number of allylic oxidation sites excluding steroid dienone is 1. The minimum absolute atomic E-state index is 0.972. The van der Waals surface area contributed by atoms with Gasteiger partial charge in [0.25, 0.3) is 0 Å². The summed E-state index contributed by atoms with van der Waals surface area (Å²) in [5.41, 5.74) is 0. The van der Waals surface area contributed by atoms with Crippen LogP contribution in [0.15, 0.2) is 12.2 Å². The molecule has 0 bridgehead atoms. The first kappa shape index (κ1) is 10.8. The van der Waals surface area contributed by atoms with E-state index < -0.39 is 0 Å². The Labute approximate surface area is 82.6 Å². The smallest absolute Gasteiger partial charge is 0.00142 e. The summed E-state index contributed by atoms with van der Waals surface area (Å²) in [6, 6.07) is 0. The highest BCUT2D eigenvalue weighted by atomic mass is 14.8. The van der Waals surface area contributed by atoms with E-state index in [9.17, 15) is 0 Å². The van der Waals surface area contributed by atoms with Crippen LogP contribution in [0.5, 0.6) is 0 Å². The van der Waals surface area contributed by atoms with Gasteiger partial charge in [-0.2, -0.15) is 0 Å². The fourth-order valence-corrected chi connectivity index (χ4v) is 2.05. The largest absolute Gasteiger partial charge is 0.316 e. The van der Waals surface area contributed by atoms with Crippen molar-refractivity contribution in [3.8, 4) is 0 Å². The molecule has 76 valence electrons. The maximum absolute atomic E-state index is 3.54. The van der Waals surface area contributed by atoms with E-state index >= 15 is 0 Å². The summed E-state index contributed by atoms with van der Waals surface area (Å²) in [5, 5.41) is 3.54. The topological polar surface area (TPSA) is 12.0 Å². The fraction of sp³-hybridized carbons (Fsp3) is 0.833.